The van der Waals surface area contributed by atoms with E-state index in [1.54, 1.807) is 34.2 Å². The molecule has 1 aromatic carbocycles. The van der Waals surface area contributed by atoms with E-state index >= 15 is 0 Å². The molecule has 1 aliphatic heterocycles. The number of halogens is 1. The van der Waals surface area contributed by atoms with E-state index in [4.69, 9.17) is 11.6 Å². The Labute approximate surface area is 190 Å². The van der Waals surface area contributed by atoms with E-state index in [0.717, 1.165) is 12.1 Å². The van der Waals surface area contributed by atoms with Gasteiger partial charge in [-0.1, -0.05) is 24.6 Å². The highest BCUT2D eigenvalue weighted by Gasteiger charge is 2.36. The minimum absolute atomic E-state index is 0.0580. The second-order valence-electron chi connectivity index (χ2n) is 7.93. The number of carbonyl (C=O) groups is 2. The van der Waals surface area contributed by atoms with Crippen molar-refractivity contribution >= 4 is 34.3 Å². The summed E-state index contributed by atoms with van der Waals surface area (Å²) in [6.07, 6.45) is 2.60. The minimum Gasteiger partial charge on any atom is -0.336 e. The minimum atomic E-state index is -0.431. The highest BCUT2D eigenvalue weighted by atomic mass is 35.5. The Morgan fingerprint density at radius 3 is 2.88 bits per heavy atom. The molecule has 0 spiro atoms. The van der Waals surface area contributed by atoms with Crippen molar-refractivity contribution < 1.29 is 9.59 Å². The Bertz CT molecular complexity index is 1200. The molecule has 4 rings (SSSR count). The smallest absolute Gasteiger partial charge is 0.258 e. The molecule has 166 valence electrons. The molecule has 8 nitrogen and oxygen atoms in total. The maximum absolute atomic E-state index is 13.3. The molecule has 0 aliphatic carbocycles. The highest BCUT2D eigenvalue weighted by Crippen LogP contribution is 2.23. The van der Waals surface area contributed by atoms with Gasteiger partial charge in [-0.3, -0.25) is 19.4 Å². The topological polar surface area (TPSA) is 99.3 Å². The lowest BCUT2D eigenvalue weighted by Crippen LogP contribution is -2.38. The van der Waals surface area contributed by atoms with Gasteiger partial charge in [-0.25, -0.2) is 4.98 Å². The van der Waals surface area contributed by atoms with E-state index in [1.807, 2.05) is 25.1 Å². The second kappa shape index (κ2) is 9.48. The van der Waals surface area contributed by atoms with Crippen molar-refractivity contribution in [1.29, 1.82) is 0 Å². The maximum atomic E-state index is 13.3. The molecular formula is C23H24ClN5O3. The molecule has 1 fully saturated rings. The largest absolute Gasteiger partial charge is 0.336 e. The second-order valence-corrected chi connectivity index (χ2v) is 8.37. The van der Waals surface area contributed by atoms with Gasteiger partial charge in [0.1, 0.15) is 5.82 Å². The molecule has 32 heavy (non-hydrogen) atoms. The van der Waals surface area contributed by atoms with Crippen LogP contribution in [-0.2, 0) is 22.7 Å². The Kier molecular flexibility index (Phi) is 6.50. The predicted molar refractivity (Wildman–Crippen MR) is 121 cm³/mol. The van der Waals surface area contributed by atoms with Gasteiger partial charge >= 0.3 is 0 Å². The zero-order chi connectivity index (χ0) is 22.7. The number of pyridine rings is 1. The molecule has 1 atom stereocenters. The van der Waals surface area contributed by atoms with Crippen molar-refractivity contribution in [2.75, 3.05) is 13.1 Å². The quantitative estimate of drug-likeness (QED) is 0.593. The summed E-state index contributed by atoms with van der Waals surface area (Å²) in [7, 11) is 0. The lowest BCUT2D eigenvalue weighted by atomic mass is 10.1. The van der Waals surface area contributed by atoms with E-state index in [0.29, 0.717) is 41.4 Å². The molecule has 2 aromatic heterocycles. The van der Waals surface area contributed by atoms with Gasteiger partial charge in [-0.2, -0.15) is 0 Å². The Morgan fingerprint density at radius 1 is 1.28 bits per heavy atom. The number of hydrogen-bond acceptors (Lipinski definition) is 5. The first-order valence-corrected chi connectivity index (χ1v) is 11.0. The molecule has 3 aromatic rings. The summed E-state index contributed by atoms with van der Waals surface area (Å²) in [5.74, 6) is -0.212. The molecule has 2 amide bonds. The highest BCUT2D eigenvalue weighted by molar-refractivity contribution is 6.31. The van der Waals surface area contributed by atoms with E-state index < -0.39 is 5.92 Å². The molecule has 1 saturated heterocycles. The molecular weight excluding hydrogens is 430 g/mol. The summed E-state index contributed by atoms with van der Waals surface area (Å²) in [6, 6.07) is 10.5. The lowest BCUT2D eigenvalue weighted by Gasteiger charge is -2.25. The van der Waals surface area contributed by atoms with Crippen molar-refractivity contribution in [2.45, 2.75) is 32.9 Å². The Morgan fingerprint density at radius 2 is 2.12 bits per heavy atom. The molecule has 1 aliphatic rings. The molecule has 0 radical (unpaired) electrons. The normalized spacial score (nSPS) is 16.0. The summed E-state index contributed by atoms with van der Waals surface area (Å²) in [5.41, 5.74) is 0.997. The number of fused-ring (bicyclic) bond motifs is 1. The number of benzene rings is 1. The van der Waals surface area contributed by atoms with Crippen LogP contribution in [0.25, 0.3) is 10.9 Å². The number of aromatic nitrogens is 3. The monoisotopic (exact) mass is 453 g/mol. The fraction of sp³-hybridized carbons (Fsp3) is 0.348. The van der Waals surface area contributed by atoms with Crippen LogP contribution in [-0.4, -0.2) is 49.7 Å². The number of carbonyl (C=O) groups excluding carboxylic acids is 2. The lowest BCUT2D eigenvalue weighted by molar-refractivity contribution is -0.136. The third kappa shape index (κ3) is 4.80. The van der Waals surface area contributed by atoms with Crippen molar-refractivity contribution in [1.82, 2.24) is 24.8 Å². The van der Waals surface area contributed by atoms with Gasteiger partial charge < -0.3 is 14.8 Å². The van der Waals surface area contributed by atoms with Crippen LogP contribution in [0.3, 0.4) is 0 Å². The van der Waals surface area contributed by atoms with Crippen LogP contribution in [0.1, 0.15) is 31.3 Å². The number of aromatic amines is 1. The zero-order valence-corrected chi connectivity index (χ0v) is 18.5. The van der Waals surface area contributed by atoms with Crippen molar-refractivity contribution in [3.8, 4) is 0 Å². The average Bonchev–Trinajstić information content (AvgIpc) is 3.13. The van der Waals surface area contributed by atoms with Gasteiger partial charge in [0.2, 0.25) is 11.8 Å². The summed E-state index contributed by atoms with van der Waals surface area (Å²) < 4.78 is 0. The van der Waals surface area contributed by atoms with E-state index in [2.05, 4.69) is 15.0 Å². The van der Waals surface area contributed by atoms with E-state index in [1.165, 1.54) is 0 Å². The summed E-state index contributed by atoms with van der Waals surface area (Å²) >= 11 is 6.04. The van der Waals surface area contributed by atoms with Crippen LogP contribution in [0, 0.1) is 5.92 Å². The van der Waals surface area contributed by atoms with Gasteiger partial charge in [0.05, 0.1) is 35.6 Å². The number of hydrogen-bond donors (Lipinski definition) is 1. The van der Waals surface area contributed by atoms with Gasteiger partial charge in [-0.05, 0) is 36.8 Å². The fourth-order valence-electron chi connectivity index (χ4n) is 3.99. The van der Waals surface area contributed by atoms with Crippen molar-refractivity contribution in [2.24, 2.45) is 5.92 Å². The number of nitrogens with zero attached hydrogens (tertiary/aromatic N) is 4. The molecule has 3 heterocycles. The van der Waals surface area contributed by atoms with Crippen LogP contribution in [0.5, 0.6) is 0 Å². The van der Waals surface area contributed by atoms with E-state index in [9.17, 15) is 14.4 Å². The molecule has 1 unspecified atom stereocenters. The number of nitrogens with one attached hydrogen (secondary N) is 1. The van der Waals surface area contributed by atoms with Gasteiger partial charge in [0.15, 0.2) is 0 Å². The van der Waals surface area contributed by atoms with Gasteiger partial charge in [-0.15, -0.1) is 0 Å². The first-order valence-electron chi connectivity index (χ1n) is 10.6. The number of amides is 2. The average molecular weight is 454 g/mol. The Balaban J connectivity index is 1.50. The molecule has 1 N–H and O–H groups in total. The fourth-order valence-corrected chi connectivity index (χ4v) is 4.16. The number of rotatable bonds is 7. The third-order valence-electron chi connectivity index (χ3n) is 5.51. The molecule has 0 saturated carbocycles. The summed E-state index contributed by atoms with van der Waals surface area (Å²) in [5, 5.41) is 0.929. The van der Waals surface area contributed by atoms with Crippen LogP contribution in [0.4, 0.5) is 0 Å². The standard InChI is InChI=1S/C23H24ClN5O3/c1-2-9-28(14-20-26-19-11-16(24)6-7-18(19)22(31)27-20)23(32)15-10-21(30)29(12-15)13-17-5-3-4-8-25-17/h3-8,11,15H,2,9-10,12-14H2,1H3,(H,26,27,31). The SMILES string of the molecule is CCCN(Cc1nc2cc(Cl)ccc2c(=O)[nH]1)C(=O)C1CC(=O)N(Cc2ccccn2)C1. The molecule has 9 heteroatoms. The maximum Gasteiger partial charge on any atom is 0.258 e. The zero-order valence-electron chi connectivity index (χ0n) is 17.8. The van der Waals surface area contributed by atoms with Crippen molar-refractivity contribution in [3.63, 3.8) is 0 Å². The Hall–Kier alpha value is -3.26. The van der Waals surface area contributed by atoms with Crippen LogP contribution in [0.2, 0.25) is 5.02 Å². The first-order chi connectivity index (χ1) is 15.4. The van der Waals surface area contributed by atoms with E-state index in [-0.39, 0.29) is 30.3 Å². The summed E-state index contributed by atoms with van der Waals surface area (Å²) in [6.45, 7) is 3.38. The number of H-pyrrole nitrogens is 1. The predicted octanol–water partition coefficient (Wildman–Crippen LogP) is 2.76. The van der Waals surface area contributed by atoms with Crippen LogP contribution in [0.15, 0.2) is 47.4 Å². The van der Waals surface area contributed by atoms with Crippen LogP contribution >= 0.6 is 11.6 Å². The van der Waals surface area contributed by atoms with Crippen LogP contribution < -0.4 is 5.56 Å². The third-order valence-corrected chi connectivity index (χ3v) is 5.74. The number of likely N-dealkylation sites (tertiary alicyclic amines) is 1. The summed E-state index contributed by atoms with van der Waals surface area (Å²) in [4.78, 5) is 53.1. The first kappa shape index (κ1) is 22.0. The van der Waals surface area contributed by atoms with Crippen molar-refractivity contribution in [3.05, 3.63) is 69.5 Å². The van der Waals surface area contributed by atoms with Gasteiger partial charge in [0.25, 0.3) is 5.56 Å². The van der Waals surface area contributed by atoms with Gasteiger partial charge in [0, 0.05) is 30.7 Å². The molecule has 0 bridgehead atoms.